The molecule has 26 heavy (non-hydrogen) atoms. The van der Waals surface area contributed by atoms with Gasteiger partial charge in [0.1, 0.15) is 6.04 Å². The topological polar surface area (TPSA) is 79.4 Å². The molecular formula is C18H23N3O3S2. The summed E-state index contributed by atoms with van der Waals surface area (Å²) >= 11 is 1.58. The molecule has 1 aliphatic rings. The number of hydrogen-bond acceptors (Lipinski definition) is 5. The maximum absolute atomic E-state index is 12.9. The molecule has 0 bridgehead atoms. The Balaban J connectivity index is 1.65. The Bertz CT molecular complexity index is 875. The Hall–Kier alpha value is -1.77. The maximum atomic E-state index is 12.9. The van der Waals surface area contributed by atoms with E-state index in [0.29, 0.717) is 32.4 Å². The number of benzene rings is 1. The molecule has 1 aromatic heterocycles. The molecular weight excluding hydrogens is 370 g/mol. The van der Waals surface area contributed by atoms with E-state index in [9.17, 15) is 13.2 Å². The summed E-state index contributed by atoms with van der Waals surface area (Å²) in [6, 6.07) is 6.10. The first-order chi connectivity index (χ1) is 12.4. The van der Waals surface area contributed by atoms with Crippen molar-refractivity contribution in [2.45, 2.75) is 44.0 Å². The zero-order chi connectivity index (χ0) is 18.7. The molecule has 140 valence electrons. The molecule has 1 aliphatic heterocycles. The summed E-state index contributed by atoms with van der Waals surface area (Å²) in [7, 11) is -3.66. The lowest BCUT2D eigenvalue weighted by Gasteiger charge is -2.23. The third kappa shape index (κ3) is 4.13. The predicted octanol–water partition coefficient (Wildman–Crippen LogP) is 2.27. The van der Waals surface area contributed by atoms with Gasteiger partial charge in [0, 0.05) is 24.9 Å². The van der Waals surface area contributed by atoms with Crippen LogP contribution in [0.5, 0.6) is 0 Å². The minimum absolute atomic E-state index is 0.231. The molecule has 1 saturated heterocycles. The Morgan fingerprint density at radius 2 is 2.04 bits per heavy atom. The molecule has 0 aliphatic carbocycles. The second-order valence-electron chi connectivity index (χ2n) is 6.49. The number of amides is 1. The van der Waals surface area contributed by atoms with Gasteiger partial charge in [0.25, 0.3) is 0 Å². The third-order valence-electron chi connectivity index (χ3n) is 4.48. The van der Waals surface area contributed by atoms with Gasteiger partial charge in [0.2, 0.25) is 15.9 Å². The standard InChI is InChI=1S/C18H23N3O3S2/c1-13-5-7-16(8-6-13)26(23,24)21-11-3-4-17(21)18(22)19-10-9-15-12-25-14(2)20-15/h5-8,12,17H,3-4,9-11H2,1-2H3,(H,19,22). The minimum Gasteiger partial charge on any atom is -0.354 e. The van der Waals surface area contributed by atoms with Gasteiger partial charge in [-0.05, 0) is 38.8 Å². The SMILES string of the molecule is Cc1ccc(S(=O)(=O)N2CCCC2C(=O)NCCc2csc(C)n2)cc1. The van der Waals surface area contributed by atoms with Gasteiger partial charge in [-0.15, -0.1) is 11.3 Å². The van der Waals surface area contributed by atoms with Gasteiger partial charge in [0.15, 0.2) is 0 Å². The van der Waals surface area contributed by atoms with E-state index in [2.05, 4.69) is 10.3 Å². The molecule has 2 heterocycles. The van der Waals surface area contributed by atoms with E-state index in [-0.39, 0.29) is 10.8 Å². The van der Waals surface area contributed by atoms with Gasteiger partial charge in [-0.2, -0.15) is 4.31 Å². The van der Waals surface area contributed by atoms with Crippen molar-refractivity contribution in [1.82, 2.24) is 14.6 Å². The maximum Gasteiger partial charge on any atom is 0.243 e. The molecule has 1 aromatic carbocycles. The van der Waals surface area contributed by atoms with Crippen LogP contribution >= 0.6 is 11.3 Å². The molecule has 2 aromatic rings. The summed E-state index contributed by atoms with van der Waals surface area (Å²) in [5.74, 6) is -0.231. The van der Waals surface area contributed by atoms with E-state index < -0.39 is 16.1 Å². The highest BCUT2D eigenvalue weighted by Gasteiger charge is 2.39. The average molecular weight is 394 g/mol. The molecule has 1 atom stereocenters. The normalized spacial score (nSPS) is 18.2. The fourth-order valence-corrected chi connectivity index (χ4v) is 5.39. The van der Waals surface area contributed by atoms with Crippen LogP contribution in [-0.2, 0) is 21.2 Å². The molecule has 0 saturated carbocycles. The Morgan fingerprint density at radius 3 is 2.69 bits per heavy atom. The van der Waals surface area contributed by atoms with Crippen molar-refractivity contribution in [1.29, 1.82) is 0 Å². The summed E-state index contributed by atoms with van der Waals surface area (Å²) in [4.78, 5) is 17.2. The average Bonchev–Trinajstić information content (AvgIpc) is 3.24. The van der Waals surface area contributed by atoms with E-state index in [1.807, 2.05) is 19.2 Å². The first-order valence-electron chi connectivity index (χ1n) is 8.65. The fraction of sp³-hybridized carbons (Fsp3) is 0.444. The summed E-state index contributed by atoms with van der Waals surface area (Å²) in [5.41, 5.74) is 1.94. The van der Waals surface area contributed by atoms with Crippen LogP contribution in [0.25, 0.3) is 0 Å². The van der Waals surface area contributed by atoms with Crippen LogP contribution in [-0.4, -0.2) is 42.7 Å². The van der Waals surface area contributed by atoms with E-state index in [4.69, 9.17) is 0 Å². The molecule has 0 radical (unpaired) electrons. The number of aryl methyl sites for hydroxylation is 2. The van der Waals surface area contributed by atoms with Crippen molar-refractivity contribution < 1.29 is 13.2 Å². The van der Waals surface area contributed by atoms with Gasteiger partial charge >= 0.3 is 0 Å². The van der Waals surface area contributed by atoms with Crippen LogP contribution in [0.2, 0.25) is 0 Å². The third-order valence-corrected chi connectivity index (χ3v) is 7.23. The Kier molecular flexibility index (Phi) is 5.74. The molecule has 1 fully saturated rings. The van der Waals surface area contributed by atoms with Crippen molar-refractivity contribution in [3.05, 3.63) is 45.9 Å². The van der Waals surface area contributed by atoms with Crippen LogP contribution in [0.4, 0.5) is 0 Å². The number of aromatic nitrogens is 1. The first-order valence-corrected chi connectivity index (χ1v) is 11.0. The molecule has 6 nitrogen and oxygen atoms in total. The second kappa shape index (κ2) is 7.85. The smallest absolute Gasteiger partial charge is 0.243 e. The van der Waals surface area contributed by atoms with Crippen LogP contribution in [0.3, 0.4) is 0 Å². The molecule has 3 rings (SSSR count). The first kappa shape index (κ1) is 19.0. The number of carbonyl (C=O) groups excluding carboxylic acids is 1. The van der Waals surface area contributed by atoms with Crippen LogP contribution in [0.1, 0.15) is 29.1 Å². The van der Waals surface area contributed by atoms with Crippen molar-refractivity contribution in [3.63, 3.8) is 0 Å². The number of carbonyl (C=O) groups is 1. The monoisotopic (exact) mass is 393 g/mol. The molecule has 1 unspecified atom stereocenters. The summed E-state index contributed by atoms with van der Waals surface area (Å²) in [5, 5.41) is 5.84. The van der Waals surface area contributed by atoms with Crippen LogP contribution in [0.15, 0.2) is 34.5 Å². The van der Waals surface area contributed by atoms with Crippen LogP contribution < -0.4 is 5.32 Å². The van der Waals surface area contributed by atoms with Crippen molar-refractivity contribution in [2.75, 3.05) is 13.1 Å². The molecule has 1 amide bonds. The van der Waals surface area contributed by atoms with E-state index in [0.717, 1.165) is 16.3 Å². The number of sulfonamides is 1. The largest absolute Gasteiger partial charge is 0.354 e. The number of rotatable bonds is 6. The van der Waals surface area contributed by atoms with Crippen LogP contribution in [0, 0.1) is 13.8 Å². The van der Waals surface area contributed by atoms with E-state index >= 15 is 0 Å². The lowest BCUT2D eigenvalue weighted by molar-refractivity contribution is -0.124. The number of nitrogens with one attached hydrogen (secondary N) is 1. The Morgan fingerprint density at radius 1 is 1.31 bits per heavy atom. The van der Waals surface area contributed by atoms with Gasteiger partial charge in [-0.3, -0.25) is 4.79 Å². The molecule has 1 N–H and O–H groups in total. The lowest BCUT2D eigenvalue weighted by Crippen LogP contribution is -2.46. The lowest BCUT2D eigenvalue weighted by atomic mass is 10.2. The number of hydrogen-bond donors (Lipinski definition) is 1. The van der Waals surface area contributed by atoms with Crippen molar-refractivity contribution >= 4 is 27.3 Å². The number of thiazole rings is 1. The Labute approximate surface area is 158 Å². The minimum atomic E-state index is -3.66. The second-order valence-corrected chi connectivity index (χ2v) is 9.44. The molecule has 0 spiro atoms. The highest BCUT2D eigenvalue weighted by atomic mass is 32.2. The zero-order valence-corrected chi connectivity index (χ0v) is 16.6. The van der Waals surface area contributed by atoms with Crippen molar-refractivity contribution in [3.8, 4) is 0 Å². The van der Waals surface area contributed by atoms with Crippen molar-refractivity contribution in [2.24, 2.45) is 0 Å². The predicted molar refractivity (Wildman–Crippen MR) is 102 cm³/mol. The van der Waals surface area contributed by atoms with Gasteiger partial charge in [0.05, 0.1) is 15.6 Å². The number of nitrogens with zero attached hydrogens (tertiary/aromatic N) is 2. The van der Waals surface area contributed by atoms with E-state index in [1.165, 1.54) is 4.31 Å². The summed E-state index contributed by atoms with van der Waals surface area (Å²) in [6.07, 6.45) is 1.88. The van der Waals surface area contributed by atoms with Gasteiger partial charge < -0.3 is 5.32 Å². The van der Waals surface area contributed by atoms with Gasteiger partial charge in [-0.25, -0.2) is 13.4 Å². The quantitative estimate of drug-likeness (QED) is 0.817. The fourth-order valence-electron chi connectivity index (χ4n) is 3.09. The highest BCUT2D eigenvalue weighted by molar-refractivity contribution is 7.89. The summed E-state index contributed by atoms with van der Waals surface area (Å²) in [6.45, 7) is 4.68. The van der Waals surface area contributed by atoms with E-state index in [1.54, 1.807) is 35.6 Å². The zero-order valence-electron chi connectivity index (χ0n) is 14.9. The highest BCUT2D eigenvalue weighted by Crippen LogP contribution is 2.26. The van der Waals surface area contributed by atoms with Gasteiger partial charge in [-0.1, -0.05) is 17.7 Å². The summed E-state index contributed by atoms with van der Waals surface area (Å²) < 4.78 is 27.1. The molecule has 8 heteroatoms.